The van der Waals surface area contributed by atoms with Crippen molar-refractivity contribution in [2.24, 2.45) is 0 Å². The summed E-state index contributed by atoms with van der Waals surface area (Å²) in [6.45, 7) is 0. The Bertz CT molecular complexity index is 148. The van der Waals surface area contributed by atoms with Crippen LogP contribution >= 0.6 is 0 Å². The molecule has 0 saturated carbocycles. The first-order valence-corrected chi connectivity index (χ1v) is 2.52. The molecule has 2 nitrogen and oxygen atoms in total. The first-order valence-electron chi connectivity index (χ1n) is 2.52. The van der Waals surface area contributed by atoms with Crippen molar-refractivity contribution in [2.45, 2.75) is 0 Å². The van der Waals surface area contributed by atoms with Gasteiger partial charge in [0.25, 0.3) is 0 Å². The van der Waals surface area contributed by atoms with Crippen LogP contribution in [0.25, 0.3) is 0 Å². The third kappa shape index (κ3) is 2.15. The maximum atomic E-state index is 4.91. The number of rotatable bonds is 1. The highest BCUT2D eigenvalue weighted by atomic mass is 16.5. The molecule has 0 aromatic heterocycles. The molecule has 0 radical (unpaired) electrons. The van der Waals surface area contributed by atoms with Gasteiger partial charge in [0.15, 0.2) is 0 Å². The zero-order chi connectivity index (χ0) is 5.82. The van der Waals surface area contributed by atoms with Crippen LogP contribution in [0.5, 0.6) is 5.75 Å². The van der Waals surface area contributed by atoms with Crippen molar-refractivity contribution in [1.82, 2.24) is 0 Å². The van der Waals surface area contributed by atoms with Crippen LogP contribution in [0.2, 0.25) is 0 Å². The Morgan fingerprint density at radius 2 is 1.67 bits per heavy atom. The summed E-state index contributed by atoms with van der Waals surface area (Å²) in [5.41, 5.74) is 0. The third-order valence-electron chi connectivity index (χ3n) is 0.979. The van der Waals surface area contributed by atoms with E-state index in [9.17, 15) is 0 Å². The van der Waals surface area contributed by atoms with Crippen LogP contribution in [0, 0.1) is 0 Å². The zero-order valence-electron chi connectivity index (χ0n) is 5.29. The summed E-state index contributed by atoms with van der Waals surface area (Å²) >= 11 is 0. The van der Waals surface area contributed by atoms with Gasteiger partial charge in [-0.25, -0.2) is 0 Å². The van der Waals surface area contributed by atoms with E-state index in [0.29, 0.717) is 0 Å². The number of para-hydroxylation sites is 1. The Balaban J connectivity index is 0.000000640. The molecule has 0 heterocycles. The summed E-state index contributed by atoms with van der Waals surface area (Å²) in [6.07, 6.45) is 0. The van der Waals surface area contributed by atoms with Gasteiger partial charge in [0, 0.05) is 0 Å². The summed E-state index contributed by atoms with van der Waals surface area (Å²) in [5, 5.41) is 0. The summed E-state index contributed by atoms with van der Waals surface area (Å²) in [4.78, 5) is 0. The van der Waals surface area contributed by atoms with Crippen LogP contribution in [0.3, 0.4) is 0 Å². The molecule has 0 fully saturated rings. The Hall–Kier alpha value is -1.02. The van der Waals surface area contributed by atoms with Crippen molar-refractivity contribution in [3.05, 3.63) is 30.3 Å². The minimum absolute atomic E-state index is 0. The van der Waals surface area contributed by atoms with E-state index in [2.05, 4.69) is 0 Å². The van der Waals surface area contributed by atoms with E-state index < -0.39 is 0 Å². The molecule has 0 aliphatic heterocycles. The fourth-order valence-electron chi connectivity index (χ4n) is 0.557. The van der Waals surface area contributed by atoms with E-state index in [-0.39, 0.29) is 5.48 Å². The quantitative estimate of drug-likeness (QED) is 0.534. The van der Waals surface area contributed by atoms with Gasteiger partial charge >= 0.3 is 0 Å². The fourth-order valence-corrected chi connectivity index (χ4v) is 0.557. The first kappa shape index (κ1) is 7.98. The molecule has 0 spiro atoms. The van der Waals surface area contributed by atoms with Gasteiger partial charge in [0.2, 0.25) is 0 Å². The third-order valence-corrected chi connectivity index (χ3v) is 0.979. The number of benzene rings is 1. The maximum Gasteiger partial charge on any atom is 0.118 e. The van der Waals surface area contributed by atoms with Crippen LogP contribution in [0.1, 0.15) is 0 Å². The van der Waals surface area contributed by atoms with Crippen molar-refractivity contribution in [3.8, 4) is 5.75 Å². The smallest absolute Gasteiger partial charge is 0.118 e. The lowest BCUT2D eigenvalue weighted by Gasteiger charge is -1.93. The van der Waals surface area contributed by atoms with Crippen molar-refractivity contribution >= 4 is 0 Å². The minimum Gasteiger partial charge on any atom is -0.497 e. The molecule has 2 heteroatoms. The minimum atomic E-state index is 0. The molecule has 0 aliphatic carbocycles. The van der Waals surface area contributed by atoms with Crippen LogP contribution in [0.4, 0.5) is 0 Å². The summed E-state index contributed by atoms with van der Waals surface area (Å²) in [6, 6.07) is 9.68. The van der Waals surface area contributed by atoms with Gasteiger partial charge in [0.05, 0.1) is 7.11 Å². The van der Waals surface area contributed by atoms with Crippen LogP contribution in [-0.4, -0.2) is 12.6 Å². The molecule has 1 aromatic carbocycles. The molecule has 0 unspecified atom stereocenters. The van der Waals surface area contributed by atoms with Gasteiger partial charge in [-0.2, -0.15) is 0 Å². The molecule has 1 aromatic rings. The lowest BCUT2D eigenvalue weighted by Crippen LogP contribution is -1.78. The molecule has 0 amide bonds. The molecule has 50 valence electrons. The van der Waals surface area contributed by atoms with E-state index >= 15 is 0 Å². The second-order valence-electron chi connectivity index (χ2n) is 1.52. The number of hydrogen-bond acceptors (Lipinski definition) is 1. The molecule has 0 aliphatic rings. The van der Waals surface area contributed by atoms with Gasteiger partial charge in [-0.3, -0.25) is 0 Å². The van der Waals surface area contributed by atoms with Gasteiger partial charge in [-0.05, 0) is 12.1 Å². The highest BCUT2D eigenvalue weighted by Gasteiger charge is 1.80. The van der Waals surface area contributed by atoms with Crippen LogP contribution in [-0.2, 0) is 0 Å². The molecular weight excluding hydrogens is 104 g/mol. The largest absolute Gasteiger partial charge is 0.497 e. The Labute approximate surface area is 54.4 Å². The highest BCUT2D eigenvalue weighted by Crippen LogP contribution is 2.05. The SMILES string of the molecule is COc1ccccc1.[4OH2]. The highest BCUT2D eigenvalue weighted by molar-refractivity contribution is 5.20. The lowest BCUT2D eigenvalue weighted by atomic mass is 4.00. The van der Waals surface area contributed by atoms with Crippen molar-refractivity contribution < 1.29 is 10.2 Å². The molecule has 2 N–H and O–H groups in total. The van der Waals surface area contributed by atoms with E-state index in [4.69, 9.17) is 4.74 Å². The molecule has 0 saturated heterocycles. The molecule has 9 heavy (non-hydrogen) atoms. The summed E-state index contributed by atoms with van der Waals surface area (Å²) in [7, 11) is 1.66. The second-order valence-corrected chi connectivity index (χ2v) is 1.52. The van der Waals surface area contributed by atoms with Crippen molar-refractivity contribution in [1.29, 1.82) is 0 Å². The van der Waals surface area contributed by atoms with E-state index in [1.54, 1.807) is 7.11 Å². The van der Waals surface area contributed by atoms with Gasteiger partial charge in [0.1, 0.15) is 5.75 Å². The first-order chi connectivity index (χ1) is 3.93. The van der Waals surface area contributed by atoms with Crippen molar-refractivity contribution in [3.63, 3.8) is 0 Å². The number of ether oxygens (including phenoxy) is 1. The topological polar surface area (TPSA) is 40.7 Å². The zero-order valence-corrected chi connectivity index (χ0v) is 5.29. The Morgan fingerprint density at radius 3 is 2.00 bits per heavy atom. The fraction of sp³-hybridized carbons (Fsp3) is 0.143. The Morgan fingerprint density at radius 1 is 1.11 bits per heavy atom. The van der Waals surface area contributed by atoms with E-state index in [1.165, 1.54) is 0 Å². The summed E-state index contributed by atoms with van der Waals surface area (Å²) in [5.74, 6) is 0.910. The predicted octanol–water partition coefficient (Wildman–Crippen LogP) is 0.870. The predicted molar refractivity (Wildman–Crippen MR) is 36.6 cm³/mol. The van der Waals surface area contributed by atoms with Crippen LogP contribution < -0.4 is 4.74 Å². The summed E-state index contributed by atoms with van der Waals surface area (Å²) < 4.78 is 4.91. The molecule has 1 rings (SSSR count). The van der Waals surface area contributed by atoms with Crippen molar-refractivity contribution in [2.75, 3.05) is 7.11 Å². The average Bonchev–Trinajstić information content (AvgIpc) is 1.90. The molecule has 0 bridgehead atoms. The van der Waals surface area contributed by atoms with Gasteiger partial charge in [-0.1, -0.05) is 18.2 Å². The van der Waals surface area contributed by atoms with Crippen LogP contribution in [0.15, 0.2) is 30.3 Å². The normalized spacial score (nSPS) is 7.67. The lowest BCUT2D eigenvalue weighted by molar-refractivity contribution is 0.415. The van der Waals surface area contributed by atoms with Gasteiger partial charge < -0.3 is 10.2 Å². The average molecular weight is 114 g/mol. The maximum absolute atomic E-state index is 4.91. The van der Waals surface area contributed by atoms with E-state index in [0.717, 1.165) is 5.75 Å². The standard InChI is InChI=1S/C7H8O.H2O/c1-8-7-5-3-2-4-6-7;/h2-6H,1H3;1H2/i;1-12. The number of methoxy groups -OCH3 is 1. The second kappa shape index (κ2) is 3.92. The molecular formula is C7H10O2. The molecule has 0 atom stereocenters. The van der Waals surface area contributed by atoms with Gasteiger partial charge in [-0.15, -0.1) is 0 Å². The Kier molecular flexibility index (Phi) is 3.48. The van der Waals surface area contributed by atoms with E-state index in [1.807, 2.05) is 30.3 Å². The number of hydrogen-bond donors (Lipinski definition) is 0. The monoisotopic (exact) mass is 114 g/mol.